The molecule has 2 atom stereocenters. The van der Waals surface area contributed by atoms with E-state index < -0.39 is 21.7 Å². The van der Waals surface area contributed by atoms with Crippen molar-refractivity contribution < 1.29 is 27.9 Å². The second-order valence-corrected chi connectivity index (χ2v) is 8.26. The molecule has 25 heavy (non-hydrogen) atoms. The molecule has 1 amide bonds. The van der Waals surface area contributed by atoms with Gasteiger partial charge in [0.1, 0.15) is 5.75 Å². The van der Waals surface area contributed by atoms with E-state index in [1.54, 1.807) is 12.1 Å². The second kappa shape index (κ2) is 8.33. The number of hydrogen-bond acceptors (Lipinski definition) is 5. The van der Waals surface area contributed by atoms with Crippen molar-refractivity contribution >= 4 is 21.7 Å². The van der Waals surface area contributed by atoms with Crippen molar-refractivity contribution in [3.63, 3.8) is 0 Å². The van der Waals surface area contributed by atoms with E-state index in [1.807, 2.05) is 0 Å². The molecule has 138 valence electrons. The maximum Gasteiger partial charge on any atom is 0.308 e. The van der Waals surface area contributed by atoms with Gasteiger partial charge in [-0.05, 0) is 43.5 Å². The highest BCUT2D eigenvalue weighted by Crippen LogP contribution is 2.25. The minimum atomic E-state index is -3.23. The van der Waals surface area contributed by atoms with Crippen molar-refractivity contribution in [2.24, 2.45) is 5.92 Å². The molecule has 0 aromatic heterocycles. The molecule has 1 aromatic rings. The highest BCUT2D eigenvalue weighted by molar-refractivity contribution is 7.90. The number of carbonyl (C=O) groups excluding carboxylic acids is 1. The summed E-state index contributed by atoms with van der Waals surface area (Å²) in [6.45, 7) is 0.318. The van der Waals surface area contributed by atoms with Gasteiger partial charge in [-0.15, -0.1) is 0 Å². The number of nitrogens with one attached hydrogen (secondary N) is 1. The molecule has 2 N–H and O–H groups in total. The van der Waals surface area contributed by atoms with E-state index in [1.165, 1.54) is 12.1 Å². The Hall–Kier alpha value is -2.09. The standard InChI is InChI=1S/C17H23NO6S/c1-25(22,23)13-9-7-12(8-10-13)24-11-3-6-16(19)18-15-5-2-4-14(15)17(20)21/h7-10,14-15H,2-6,11H2,1H3,(H,18,19)(H,20,21)/t14-,15+/m0/s1. The van der Waals surface area contributed by atoms with Gasteiger partial charge < -0.3 is 15.2 Å². The number of benzene rings is 1. The fraction of sp³-hybridized carbons (Fsp3) is 0.529. The van der Waals surface area contributed by atoms with Crippen LogP contribution in [0.25, 0.3) is 0 Å². The van der Waals surface area contributed by atoms with E-state index in [0.717, 1.165) is 12.7 Å². The van der Waals surface area contributed by atoms with Gasteiger partial charge in [-0.1, -0.05) is 6.42 Å². The average molecular weight is 369 g/mol. The third-order valence-corrected chi connectivity index (χ3v) is 5.38. The predicted octanol–water partition coefficient (Wildman–Crippen LogP) is 1.62. The first-order valence-corrected chi connectivity index (χ1v) is 10.1. The summed E-state index contributed by atoms with van der Waals surface area (Å²) in [6, 6.07) is 5.82. The zero-order chi connectivity index (χ0) is 18.4. The Labute approximate surface area is 147 Å². The van der Waals surface area contributed by atoms with Gasteiger partial charge in [0.2, 0.25) is 5.91 Å². The lowest BCUT2D eigenvalue weighted by Crippen LogP contribution is -2.40. The number of hydrogen-bond donors (Lipinski definition) is 2. The summed E-state index contributed by atoms with van der Waals surface area (Å²) >= 11 is 0. The number of carbonyl (C=O) groups is 2. The minimum Gasteiger partial charge on any atom is -0.494 e. The molecule has 0 bridgehead atoms. The van der Waals surface area contributed by atoms with Gasteiger partial charge in [-0.2, -0.15) is 0 Å². The maximum atomic E-state index is 11.9. The summed E-state index contributed by atoms with van der Waals surface area (Å²) in [5, 5.41) is 11.9. The molecule has 0 aliphatic heterocycles. The third-order valence-electron chi connectivity index (χ3n) is 4.25. The average Bonchev–Trinajstić information content (AvgIpc) is 2.99. The Morgan fingerprint density at radius 3 is 2.52 bits per heavy atom. The lowest BCUT2D eigenvalue weighted by atomic mass is 10.0. The van der Waals surface area contributed by atoms with E-state index in [4.69, 9.17) is 9.84 Å². The maximum absolute atomic E-state index is 11.9. The Morgan fingerprint density at radius 1 is 1.24 bits per heavy atom. The van der Waals surface area contributed by atoms with Gasteiger partial charge in [0.25, 0.3) is 0 Å². The third kappa shape index (κ3) is 5.74. The number of sulfone groups is 1. The van der Waals surface area contributed by atoms with E-state index in [0.29, 0.717) is 31.6 Å². The molecule has 0 saturated heterocycles. The number of carboxylic acids is 1. The lowest BCUT2D eigenvalue weighted by Gasteiger charge is -2.17. The molecular formula is C17H23NO6S. The molecule has 0 radical (unpaired) electrons. The summed E-state index contributed by atoms with van der Waals surface area (Å²) in [6.07, 6.45) is 4.00. The van der Waals surface area contributed by atoms with E-state index in [-0.39, 0.29) is 23.3 Å². The fourth-order valence-electron chi connectivity index (χ4n) is 2.91. The molecule has 8 heteroatoms. The quantitative estimate of drug-likeness (QED) is 0.674. The zero-order valence-electron chi connectivity index (χ0n) is 14.1. The van der Waals surface area contributed by atoms with Crippen molar-refractivity contribution in [3.05, 3.63) is 24.3 Å². The topological polar surface area (TPSA) is 110 Å². The molecule has 1 aromatic carbocycles. The highest BCUT2D eigenvalue weighted by atomic mass is 32.2. The predicted molar refractivity (Wildman–Crippen MR) is 91.2 cm³/mol. The number of rotatable bonds is 8. The van der Waals surface area contributed by atoms with E-state index in [2.05, 4.69) is 5.32 Å². The number of ether oxygens (including phenoxy) is 1. The van der Waals surface area contributed by atoms with Crippen LogP contribution < -0.4 is 10.1 Å². The van der Waals surface area contributed by atoms with Crippen molar-refractivity contribution in [1.29, 1.82) is 0 Å². The Morgan fingerprint density at radius 2 is 1.92 bits per heavy atom. The van der Waals surface area contributed by atoms with Gasteiger partial charge in [-0.25, -0.2) is 8.42 Å². The van der Waals surface area contributed by atoms with Gasteiger partial charge >= 0.3 is 5.97 Å². The first-order chi connectivity index (χ1) is 11.8. The van der Waals surface area contributed by atoms with Crippen LogP contribution in [0.5, 0.6) is 5.75 Å². The summed E-state index contributed by atoms with van der Waals surface area (Å²) in [5.74, 6) is -0.985. The Balaban J connectivity index is 1.70. The van der Waals surface area contributed by atoms with Crippen LogP contribution in [0.15, 0.2) is 29.2 Å². The van der Waals surface area contributed by atoms with Crippen molar-refractivity contribution in [1.82, 2.24) is 5.32 Å². The lowest BCUT2D eigenvalue weighted by molar-refractivity contribution is -0.142. The summed E-state index contributed by atoms with van der Waals surface area (Å²) in [5.41, 5.74) is 0. The molecule has 0 heterocycles. The van der Waals surface area contributed by atoms with Crippen LogP contribution in [0.4, 0.5) is 0 Å². The normalized spacial score (nSPS) is 20.2. The molecule has 0 unspecified atom stereocenters. The summed E-state index contributed by atoms with van der Waals surface area (Å²) < 4.78 is 28.2. The van der Waals surface area contributed by atoms with Gasteiger partial charge in [0.15, 0.2) is 9.84 Å². The van der Waals surface area contributed by atoms with E-state index >= 15 is 0 Å². The number of amides is 1. The SMILES string of the molecule is CS(=O)(=O)c1ccc(OCCCC(=O)N[C@@H]2CCC[C@@H]2C(=O)O)cc1. The molecule has 1 fully saturated rings. The van der Waals surface area contributed by atoms with Crippen molar-refractivity contribution in [3.8, 4) is 5.75 Å². The fourth-order valence-corrected chi connectivity index (χ4v) is 3.54. The minimum absolute atomic E-state index is 0.172. The zero-order valence-corrected chi connectivity index (χ0v) is 14.9. The van der Waals surface area contributed by atoms with Gasteiger partial charge in [0.05, 0.1) is 17.4 Å². The molecule has 1 aliphatic rings. The van der Waals surface area contributed by atoms with Crippen LogP contribution in [0.1, 0.15) is 32.1 Å². The molecule has 1 saturated carbocycles. The van der Waals surface area contributed by atoms with Crippen LogP contribution in [-0.4, -0.2) is 44.3 Å². The first-order valence-electron chi connectivity index (χ1n) is 8.22. The summed E-state index contributed by atoms with van der Waals surface area (Å²) in [7, 11) is -3.23. The van der Waals surface area contributed by atoms with Crippen LogP contribution in [0, 0.1) is 5.92 Å². The van der Waals surface area contributed by atoms with E-state index in [9.17, 15) is 18.0 Å². The Kier molecular flexibility index (Phi) is 6.41. The highest BCUT2D eigenvalue weighted by Gasteiger charge is 2.33. The van der Waals surface area contributed by atoms with Crippen LogP contribution in [0.2, 0.25) is 0 Å². The first kappa shape index (κ1) is 19.2. The Bertz CT molecular complexity index is 713. The second-order valence-electron chi connectivity index (χ2n) is 6.25. The monoisotopic (exact) mass is 369 g/mol. The molecule has 2 rings (SSSR count). The van der Waals surface area contributed by atoms with Crippen LogP contribution >= 0.6 is 0 Å². The van der Waals surface area contributed by atoms with Gasteiger partial charge in [0, 0.05) is 18.7 Å². The molecular weight excluding hydrogens is 346 g/mol. The molecule has 0 spiro atoms. The van der Waals surface area contributed by atoms with Crippen molar-refractivity contribution in [2.75, 3.05) is 12.9 Å². The number of carboxylic acid groups (broad SMARTS) is 1. The smallest absolute Gasteiger partial charge is 0.308 e. The van der Waals surface area contributed by atoms with Crippen LogP contribution in [-0.2, 0) is 19.4 Å². The summed E-state index contributed by atoms with van der Waals surface area (Å²) in [4.78, 5) is 23.2. The molecule has 7 nitrogen and oxygen atoms in total. The van der Waals surface area contributed by atoms with Crippen molar-refractivity contribution in [2.45, 2.75) is 43.0 Å². The largest absolute Gasteiger partial charge is 0.494 e. The van der Waals surface area contributed by atoms with Crippen LogP contribution in [0.3, 0.4) is 0 Å². The van der Waals surface area contributed by atoms with Gasteiger partial charge in [-0.3, -0.25) is 9.59 Å². The molecule has 1 aliphatic carbocycles. The number of aliphatic carboxylic acids is 1.